The lowest BCUT2D eigenvalue weighted by Gasteiger charge is -2.13. The highest BCUT2D eigenvalue weighted by Gasteiger charge is 2.30. The number of amides is 1. The number of primary amides is 1. The number of hydrogen-bond donors (Lipinski definition) is 1. The minimum atomic E-state index is -0.523. The molecule has 27 heavy (non-hydrogen) atoms. The molecule has 1 saturated carbocycles. The first-order chi connectivity index (χ1) is 13.1. The Balaban J connectivity index is 1.80. The third kappa shape index (κ3) is 2.58. The Labute approximate surface area is 157 Å². The van der Waals surface area contributed by atoms with Gasteiger partial charge in [-0.3, -0.25) is 14.4 Å². The van der Waals surface area contributed by atoms with E-state index in [1.54, 1.807) is 6.33 Å². The van der Waals surface area contributed by atoms with E-state index >= 15 is 0 Å². The van der Waals surface area contributed by atoms with Gasteiger partial charge in [0, 0.05) is 11.1 Å². The van der Waals surface area contributed by atoms with Crippen molar-refractivity contribution in [2.75, 3.05) is 0 Å². The summed E-state index contributed by atoms with van der Waals surface area (Å²) in [5, 5.41) is 0. The zero-order chi connectivity index (χ0) is 18.5. The first-order valence-electron chi connectivity index (χ1n) is 9.28. The van der Waals surface area contributed by atoms with Gasteiger partial charge in [0.15, 0.2) is 5.69 Å². The smallest absolute Gasteiger partial charge is 0.269 e. The van der Waals surface area contributed by atoms with Crippen LogP contribution in [0.2, 0.25) is 0 Å². The maximum absolute atomic E-state index is 11.9. The third-order valence-electron chi connectivity index (χ3n) is 5.39. The maximum Gasteiger partial charge on any atom is 0.269 e. The molecule has 1 atom stereocenters. The molecule has 134 valence electrons. The SMILES string of the molecule is C[C@@H]1N=C(c2ccccc2)c2cc(C3CC3)ccc2-n2cnc(C(N)=O)c21. The Morgan fingerprint density at radius 3 is 2.63 bits per heavy atom. The van der Waals surface area contributed by atoms with Gasteiger partial charge in [-0.25, -0.2) is 4.98 Å². The van der Waals surface area contributed by atoms with Gasteiger partial charge in [0.1, 0.15) is 6.33 Å². The number of aromatic nitrogens is 2. The molecule has 1 aliphatic carbocycles. The molecule has 3 aromatic rings. The van der Waals surface area contributed by atoms with Crippen LogP contribution in [0.15, 0.2) is 59.9 Å². The highest BCUT2D eigenvalue weighted by Crippen LogP contribution is 2.42. The molecule has 5 heteroatoms. The topological polar surface area (TPSA) is 73.3 Å². The monoisotopic (exact) mass is 356 g/mol. The number of nitrogens with zero attached hydrogens (tertiary/aromatic N) is 3. The van der Waals surface area contributed by atoms with Crippen LogP contribution in [0.1, 0.15) is 64.6 Å². The van der Waals surface area contributed by atoms with Crippen LogP contribution in [0.3, 0.4) is 0 Å². The summed E-state index contributed by atoms with van der Waals surface area (Å²) in [5.41, 5.74) is 12.0. The number of carbonyl (C=O) groups is 1. The van der Waals surface area contributed by atoms with Crippen LogP contribution < -0.4 is 5.73 Å². The lowest BCUT2D eigenvalue weighted by Crippen LogP contribution is -2.15. The third-order valence-corrected chi connectivity index (χ3v) is 5.39. The lowest BCUT2D eigenvalue weighted by atomic mass is 9.97. The molecular formula is C22H20N4O. The van der Waals surface area contributed by atoms with Crippen LogP contribution in [0.25, 0.3) is 5.69 Å². The standard InChI is InChI=1S/C22H20N4O/c1-13-21-20(22(23)27)24-12-26(21)18-10-9-16(14-7-8-14)11-17(18)19(25-13)15-5-3-2-4-6-15/h2-6,9-14H,7-8H2,1H3,(H2,23,27)/t13-/m0/s1. The van der Waals surface area contributed by atoms with E-state index in [-0.39, 0.29) is 11.7 Å². The van der Waals surface area contributed by atoms with Crippen molar-refractivity contribution in [2.24, 2.45) is 10.7 Å². The number of nitrogens with two attached hydrogens (primary N) is 1. The van der Waals surface area contributed by atoms with Gasteiger partial charge in [0.25, 0.3) is 5.91 Å². The van der Waals surface area contributed by atoms with Crippen LogP contribution >= 0.6 is 0 Å². The first-order valence-corrected chi connectivity index (χ1v) is 9.28. The van der Waals surface area contributed by atoms with Crippen LogP contribution in [-0.4, -0.2) is 21.2 Å². The second kappa shape index (κ2) is 5.91. The van der Waals surface area contributed by atoms with E-state index in [4.69, 9.17) is 10.7 Å². The number of fused-ring (bicyclic) bond motifs is 3. The summed E-state index contributed by atoms with van der Waals surface area (Å²) in [6.07, 6.45) is 4.18. The fourth-order valence-corrected chi connectivity index (χ4v) is 3.91. The molecule has 0 bridgehead atoms. The number of carbonyl (C=O) groups excluding carboxylic acids is 1. The fourth-order valence-electron chi connectivity index (χ4n) is 3.91. The Kier molecular flexibility index (Phi) is 3.50. The Bertz CT molecular complexity index is 1080. The molecule has 2 heterocycles. The predicted octanol–water partition coefficient (Wildman–Crippen LogP) is 3.76. The van der Waals surface area contributed by atoms with E-state index in [0.717, 1.165) is 28.2 Å². The first kappa shape index (κ1) is 16.0. The molecule has 0 radical (unpaired) electrons. The zero-order valence-electron chi connectivity index (χ0n) is 15.1. The summed E-state index contributed by atoms with van der Waals surface area (Å²) in [4.78, 5) is 21.2. The van der Waals surface area contributed by atoms with Crippen molar-refractivity contribution in [1.29, 1.82) is 0 Å². The van der Waals surface area contributed by atoms with Crippen molar-refractivity contribution in [3.8, 4) is 5.69 Å². The Hall–Kier alpha value is -3.21. The molecule has 1 aromatic heterocycles. The summed E-state index contributed by atoms with van der Waals surface area (Å²) in [6.45, 7) is 1.98. The number of hydrogen-bond acceptors (Lipinski definition) is 3. The second-order valence-electron chi connectivity index (χ2n) is 7.28. The van der Waals surface area contributed by atoms with Gasteiger partial charge in [0.05, 0.1) is 23.1 Å². The molecule has 2 N–H and O–H groups in total. The largest absolute Gasteiger partial charge is 0.364 e. The van der Waals surface area contributed by atoms with E-state index in [9.17, 15) is 4.79 Å². The zero-order valence-corrected chi connectivity index (χ0v) is 15.1. The molecule has 0 unspecified atom stereocenters. The van der Waals surface area contributed by atoms with E-state index in [1.165, 1.54) is 18.4 Å². The minimum absolute atomic E-state index is 0.234. The van der Waals surface area contributed by atoms with Crippen molar-refractivity contribution < 1.29 is 4.79 Å². The molecule has 1 aliphatic heterocycles. The average Bonchev–Trinajstić information content (AvgIpc) is 3.45. The van der Waals surface area contributed by atoms with Gasteiger partial charge in [-0.1, -0.05) is 36.4 Å². The molecular weight excluding hydrogens is 336 g/mol. The highest BCUT2D eigenvalue weighted by atomic mass is 16.1. The van der Waals surface area contributed by atoms with Gasteiger partial charge >= 0.3 is 0 Å². The Morgan fingerprint density at radius 1 is 1.15 bits per heavy atom. The van der Waals surface area contributed by atoms with Crippen molar-refractivity contribution in [3.05, 3.63) is 82.9 Å². The van der Waals surface area contributed by atoms with E-state index in [1.807, 2.05) is 29.7 Å². The number of imidazole rings is 1. The number of rotatable bonds is 3. The van der Waals surface area contributed by atoms with Crippen LogP contribution in [0, 0.1) is 0 Å². The van der Waals surface area contributed by atoms with Crippen molar-refractivity contribution in [1.82, 2.24) is 9.55 Å². The summed E-state index contributed by atoms with van der Waals surface area (Å²) in [6, 6.07) is 16.5. The van der Waals surface area contributed by atoms with Crippen molar-refractivity contribution in [3.63, 3.8) is 0 Å². The van der Waals surface area contributed by atoms with Gasteiger partial charge in [0.2, 0.25) is 0 Å². The van der Waals surface area contributed by atoms with Gasteiger partial charge < -0.3 is 5.73 Å². The average molecular weight is 356 g/mol. The van der Waals surface area contributed by atoms with Gasteiger partial charge in [-0.05, 0) is 43.4 Å². The summed E-state index contributed by atoms with van der Waals surface area (Å²) < 4.78 is 1.97. The van der Waals surface area contributed by atoms with Gasteiger partial charge in [-0.2, -0.15) is 0 Å². The molecule has 2 aliphatic rings. The minimum Gasteiger partial charge on any atom is -0.364 e. The van der Waals surface area contributed by atoms with Crippen molar-refractivity contribution >= 4 is 11.6 Å². The maximum atomic E-state index is 11.9. The quantitative estimate of drug-likeness (QED) is 0.776. The van der Waals surface area contributed by atoms with Crippen LogP contribution in [0.4, 0.5) is 0 Å². The molecule has 5 rings (SSSR count). The lowest BCUT2D eigenvalue weighted by molar-refractivity contribution is 0.0994. The molecule has 2 aromatic carbocycles. The van der Waals surface area contributed by atoms with E-state index in [2.05, 4.69) is 35.3 Å². The Morgan fingerprint density at radius 2 is 1.93 bits per heavy atom. The highest BCUT2D eigenvalue weighted by molar-refractivity contribution is 6.15. The van der Waals surface area contributed by atoms with Crippen LogP contribution in [0.5, 0.6) is 0 Å². The molecule has 1 fully saturated rings. The summed E-state index contributed by atoms with van der Waals surface area (Å²) in [7, 11) is 0. The van der Waals surface area contributed by atoms with E-state index in [0.29, 0.717) is 5.92 Å². The van der Waals surface area contributed by atoms with Crippen molar-refractivity contribution in [2.45, 2.75) is 31.7 Å². The summed E-state index contributed by atoms with van der Waals surface area (Å²) in [5.74, 6) is 0.126. The van der Waals surface area contributed by atoms with Crippen LogP contribution in [-0.2, 0) is 0 Å². The normalized spacial score (nSPS) is 18.3. The fraction of sp³-hybridized carbons (Fsp3) is 0.227. The molecule has 0 spiro atoms. The molecule has 0 saturated heterocycles. The summed E-state index contributed by atoms with van der Waals surface area (Å²) >= 11 is 0. The van der Waals surface area contributed by atoms with Gasteiger partial charge in [-0.15, -0.1) is 0 Å². The molecule has 1 amide bonds. The second-order valence-corrected chi connectivity index (χ2v) is 7.28. The number of aliphatic imine (C=N–C) groups is 1. The van der Waals surface area contributed by atoms with E-state index < -0.39 is 5.91 Å². The molecule has 5 nitrogen and oxygen atoms in total. The number of benzene rings is 2. The predicted molar refractivity (Wildman–Crippen MR) is 105 cm³/mol.